The number of hydrogen-bond donors (Lipinski definition) is 3. The zero-order chi connectivity index (χ0) is 24.6. The standard InChI is InChI=1S/C28H42N6O2/c1-2-18-14-25(18)31-28-30-16-23-24(17-34(26(23)32-28)21-5-7-22(35)8-6-21)19-9-12-33(13-10-19)27(36)20-4-3-11-29-15-20/h16-22,25,29,35H,2-15H2,1H3,(H,30,31,32)/t18-,20-,21-,22-,25-/m1/s1. The van der Waals surface area contributed by atoms with Gasteiger partial charge in [-0.2, -0.15) is 4.98 Å². The van der Waals surface area contributed by atoms with Crippen LogP contribution in [0.3, 0.4) is 0 Å². The summed E-state index contributed by atoms with van der Waals surface area (Å²) in [5.41, 5.74) is 2.37. The van der Waals surface area contributed by atoms with Gasteiger partial charge in [-0.1, -0.05) is 13.3 Å². The molecule has 3 atom stereocenters. The summed E-state index contributed by atoms with van der Waals surface area (Å²) in [4.78, 5) is 24.9. The average Bonchev–Trinajstić information content (AvgIpc) is 3.58. The molecule has 2 saturated heterocycles. The molecule has 2 aromatic rings. The molecule has 6 rings (SSSR count). The molecule has 2 aromatic heterocycles. The molecule has 4 aliphatic rings. The minimum absolute atomic E-state index is 0.150. The predicted molar refractivity (Wildman–Crippen MR) is 141 cm³/mol. The van der Waals surface area contributed by atoms with Gasteiger partial charge in [-0.25, -0.2) is 4.98 Å². The summed E-state index contributed by atoms with van der Waals surface area (Å²) in [7, 11) is 0. The first-order valence-corrected chi connectivity index (χ1v) is 14.4. The summed E-state index contributed by atoms with van der Waals surface area (Å²) in [6.07, 6.45) is 14.4. The minimum atomic E-state index is -0.170. The molecule has 0 bridgehead atoms. The van der Waals surface area contributed by atoms with Crippen molar-refractivity contribution in [3.8, 4) is 0 Å². The molecule has 1 amide bonds. The Balaban J connectivity index is 1.22. The van der Waals surface area contributed by atoms with Gasteiger partial charge in [0.2, 0.25) is 11.9 Å². The molecule has 4 heterocycles. The van der Waals surface area contributed by atoms with E-state index in [-0.39, 0.29) is 12.0 Å². The topological polar surface area (TPSA) is 95.3 Å². The highest BCUT2D eigenvalue weighted by molar-refractivity contribution is 5.82. The van der Waals surface area contributed by atoms with Crippen LogP contribution in [0.25, 0.3) is 11.0 Å². The minimum Gasteiger partial charge on any atom is -0.393 e. The van der Waals surface area contributed by atoms with E-state index in [1.807, 2.05) is 6.20 Å². The second kappa shape index (κ2) is 10.3. The zero-order valence-corrected chi connectivity index (χ0v) is 21.7. The number of aliphatic hydroxyl groups excluding tert-OH is 1. The molecular formula is C28H42N6O2. The van der Waals surface area contributed by atoms with Crippen molar-refractivity contribution >= 4 is 22.9 Å². The van der Waals surface area contributed by atoms with Gasteiger partial charge in [0.15, 0.2) is 0 Å². The Morgan fingerprint density at radius 1 is 1.17 bits per heavy atom. The van der Waals surface area contributed by atoms with E-state index in [4.69, 9.17) is 9.97 Å². The number of carbonyl (C=O) groups is 1. The number of nitrogens with zero attached hydrogens (tertiary/aromatic N) is 4. The van der Waals surface area contributed by atoms with E-state index < -0.39 is 0 Å². The van der Waals surface area contributed by atoms with E-state index in [0.29, 0.717) is 23.9 Å². The van der Waals surface area contributed by atoms with Crippen LogP contribution in [0.4, 0.5) is 5.95 Å². The molecule has 8 nitrogen and oxygen atoms in total. The van der Waals surface area contributed by atoms with E-state index in [1.165, 1.54) is 18.4 Å². The second-order valence-electron chi connectivity index (χ2n) is 11.7. The lowest BCUT2D eigenvalue weighted by molar-refractivity contribution is -0.137. The lowest BCUT2D eigenvalue weighted by Gasteiger charge is -2.35. The van der Waals surface area contributed by atoms with Crippen LogP contribution in [0.2, 0.25) is 0 Å². The maximum atomic E-state index is 13.1. The molecule has 0 radical (unpaired) electrons. The Bertz CT molecular complexity index is 1060. The quantitative estimate of drug-likeness (QED) is 0.565. The Kier molecular flexibility index (Phi) is 6.90. The lowest BCUT2D eigenvalue weighted by Crippen LogP contribution is -2.45. The molecule has 0 aromatic carbocycles. The third kappa shape index (κ3) is 4.86. The number of hydrogen-bond acceptors (Lipinski definition) is 6. The number of rotatable bonds is 6. The number of anilines is 1. The number of carbonyl (C=O) groups excluding carboxylic acids is 1. The summed E-state index contributed by atoms with van der Waals surface area (Å²) < 4.78 is 2.39. The summed E-state index contributed by atoms with van der Waals surface area (Å²) in [5.74, 6) is 2.40. The summed E-state index contributed by atoms with van der Waals surface area (Å²) >= 11 is 0. The summed E-state index contributed by atoms with van der Waals surface area (Å²) in [6.45, 7) is 5.78. The normalized spacial score (nSPS) is 31.5. The first kappa shape index (κ1) is 24.2. The highest BCUT2D eigenvalue weighted by atomic mass is 16.3. The average molecular weight is 495 g/mol. The molecular weight excluding hydrogens is 452 g/mol. The fourth-order valence-electron chi connectivity index (χ4n) is 6.84. The number of likely N-dealkylation sites (tertiary alicyclic amines) is 1. The molecule has 8 heteroatoms. The molecule has 2 aliphatic carbocycles. The summed E-state index contributed by atoms with van der Waals surface area (Å²) in [6, 6.07) is 0.874. The first-order valence-electron chi connectivity index (χ1n) is 14.4. The first-order chi connectivity index (χ1) is 17.6. The number of amides is 1. The zero-order valence-electron chi connectivity index (χ0n) is 21.7. The maximum absolute atomic E-state index is 13.1. The highest BCUT2D eigenvalue weighted by Crippen LogP contribution is 2.40. The molecule has 0 unspecified atom stereocenters. The third-order valence-electron chi connectivity index (χ3n) is 9.32. The van der Waals surface area contributed by atoms with Crippen LogP contribution in [0.15, 0.2) is 12.4 Å². The van der Waals surface area contributed by atoms with Crippen molar-refractivity contribution in [2.75, 3.05) is 31.5 Å². The van der Waals surface area contributed by atoms with Crippen molar-refractivity contribution in [1.82, 2.24) is 24.8 Å². The van der Waals surface area contributed by atoms with Crippen LogP contribution in [0.1, 0.15) is 88.7 Å². The molecule has 2 aliphatic heterocycles. The molecule has 4 fully saturated rings. The van der Waals surface area contributed by atoms with Crippen LogP contribution in [0, 0.1) is 11.8 Å². The molecule has 0 spiro atoms. The van der Waals surface area contributed by atoms with Crippen molar-refractivity contribution in [2.45, 2.75) is 95.2 Å². The number of nitrogens with one attached hydrogen (secondary N) is 2. The van der Waals surface area contributed by atoms with Gasteiger partial charge in [-0.05, 0) is 81.7 Å². The van der Waals surface area contributed by atoms with Crippen molar-refractivity contribution in [1.29, 1.82) is 0 Å². The molecule has 3 N–H and O–H groups in total. The predicted octanol–water partition coefficient (Wildman–Crippen LogP) is 3.82. The monoisotopic (exact) mass is 494 g/mol. The van der Waals surface area contributed by atoms with E-state index in [0.717, 1.165) is 100 Å². The van der Waals surface area contributed by atoms with Gasteiger partial charge in [0.25, 0.3) is 0 Å². The van der Waals surface area contributed by atoms with Crippen molar-refractivity contribution in [3.05, 3.63) is 18.0 Å². The van der Waals surface area contributed by atoms with Crippen LogP contribution >= 0.6 is 0 Å². The van der Waals surface area contributed by atoms with Gasteiger partial charge in [0.05, 0.1) is 12.0 Å². The maximum Gasteiger partial charge on any atom is 0.226 e. The van der Waals surface area contributed by atoms with Crippen molar-refractivity contribution in [2.24, 2.45) is 11.8 Å². The van der Waals surface area contributed by atoms with Gasteiger partial charge in [0.1, 0.15) is 5.65 Å². The SMILES string of the molecule is CC[C@@H]1C[C@H]1Nc1ncc2c(C3CCN(C(=O)[C@@H]4CCCNC4)CC3)cn([C@H]3CC[C@H](O)CC3)c2n1. The number of piperidine rings is 2. The lowest BCUT2D eigenvalue weighted by atomic mass is 9.88. The Labute approximate surface area is 214 Å². The van der Waals surface area contributed by atoms with Crippen LogP contribution in [-0.4, -0.2) is 68.8 Å². The van der Waals surface area contributed by atoms with Crippen LogP contribution in [-0.2, 0) is 4.79 Å². The third-order valence-corrected chi connectivity index (χ3v) is 9.32. The Morgan fingerprint density at radius 3 is 2.67 bits per heavy atom. The van der Waals surface area contributed by atoms with Crippen molar-refractivity contribution in [3.63, 3.8) is 0 Å². The van der Waals surface area contributed by atoms with Crippen LogP contribution in [0.5, 0.6) is 0 Å². The van der Waals surface area contributed by atoms with Gasteiger partial charge < -0.3 is 25.2 Å². The number of aliphatic hydroxyl groups is 1. The number of fused-ring (bicyclic) bond motifs is 1. The van der Waals surface area contributed by atoms with Gasteiger partial charge in [-0.3, -0.25) is 4.79 Å². The second-order valence-corrected chi connectivity index (χ2v) is 11.7. The van der Waals surface area contributed by atoms with E-state index in [1.54, 1.807) is 0 Å². The Morgan fingerprint density at radius 2 is 1.97 bits per heavy atom. The summed E-state index contributed by atoms with van der Waals surface area (Å²) in [5, 5.41) is 18.2. The highest BCUT2D eigenvalue weighted by Gasteiger charge is 2.36. The van der Waals surface area contributed by atoms with Gasteiger partial charge >= 0.3 is 0 Å². The Hall–Kier alpha value is -2.19. The van der Waals surface area contributed by atoms with E-state index >= 15 is 0 Å². The number of aromatic nitrogens is 3. The molecule has 2 saturated carbocycles. The van der Waals surface area contributed by atoms with Crippen molar-refractivity contribution < 1.29 is 9.90 Å². The smallest absolute Gasteiger partial charge is 0.226 e. The fraction of sp³-hybridized carbons (Fsp3) is 0.750. The molecule has 196 valence electrons. The van der Waals surface area contributed by atoms with Gasteiger partial charge in [-0.15, -0.1) is 0 Å². The molecule has 36 heavy (non-hydrogen) atoms. The largest absolute Gasteiger partial charge is 0.393 e. The van der Waals surface area contributed by atoms with E-state index in [9.17, 15) is 9.90 Å². The van der Waals surface area contributed by atoms with E-state index in [2.05, 4.69) is 33.2 Å². The van der Waals surface area contributed by atoms with Gasteiger partial charge in [0, 0.05) is 49.5 Å². The van der Waals surface area contributed by atoms with Crippen LogP contribution < -0.4 is 10.6 Å². The fourth-order valence-corrected chi connectivity index (χ4v) is 6.84.